The van der Waals surface area contributed by atoms with Gasteiger partial charge in [0.2, 0.25) is 11.8 Å². The Morgan fingerprint density at radius 2 is 1.04 bits per heavy atom. The van der Waals surface area contributed by atoms with Gasteiger partial charge in [0.05, 0.1) is 99.0 Å². The Bertz CT molecular complexity index is 1160. The Balaban J connectivity index is 2.13. The molecule has 0 spiro atoms. The fraction of sp³-hybridized carbons (Fsp3) is 0.812. The van der Waals surface area contributed by atoms with Crippen molar-refractivity contribution in [2.45, 2.75) is 49.4 Å². The van der Waals surface area contributed by atoms with E-state index in [1.165, 1.54) is 12.2 Å². The van der Waals surface area contributed by atoms with Crippen molar-refractivity contribution in [2.75, 3.05) is 119 Å². The molecule has 0 radical (unpaired) electrons. The van der Waals surface area contributed by atoms with E-state index in [0.717, 1.165) is 4.90 Å². The monoisotopic (exact) mass is 852 g/mol. The maximum atomic E-state index is 12.8. The summed E-state index contributed by atoms with van der Waals surface area (Å²) in [4.78, 5) is 49.0. The van der Waals surface area contributed by atoms with Crippen LogP contribution in [0.3, 0.4) is 0 Å². The summed E-state index contributed by atoms with van der Waals surface area (Å²) in [5.74, 6) is -1.78. The standard InChI is InChI=1S/C32H49F9N4O12/c33-30(34,35)29(31(36,37)38,32(39,40)41)57-22-21-55-18-17-52-13-11-50-9-7-43-28(49)24(3-1-2-6-42)44-25(46)23-56-20-19-54-16-15-53-14-12-51-10-8-45-26(47)4-5-27(45)48/h4-5,24H,1-3,6-23,42H2,(H,43,49)(H,44,46)/t24-/m0/s1. The third-order valence-electron chi connectivity index (χ3n) is 7.34. The number of carbonyl (C=O) groups is 4. The summed E-state index contributed by atoms with van der Waals surface area (Å²) in [6.45, 7) is -1.58. The number of hydrogen-bond acceptors (Lipinski definition) is 13. The zero-order valence-corrected chi connectivity index (χ0v) is 30.9. The van der Waals surface area contributed by atoms with Crippen LogP contribution in [0.4, 0.5) is 39.5 Å². The first-order chi connectivity index (χ1) is 26.9. The van der Waals surface area contributed by atoms with E-state index < -0.39 is 61.8 Å². The van der Waals surface area contributed by atoms with Crippen molar-refractivity contribution in [3.8, 4) is 0 Å². The SMILES string of the molecule is NCCCC[C@H](NC(=O)COCCOCCOCCOCCN1C(=O)C=CC1=O)C(=O)NCCOCCOCCOCCOC(C(F)(F)F)(C(F)(F)F)C(F)(F)F. The van der Waals surface area contributed by atoms with Gasteiger partial charge in [-0.15, -0.1) is 0 Å². The number of halogens is 9. The lowest BCUT2D eigenvalue weighted by Gasteiger charge is -2.37. The largest absolute Gasteiger partial charge is 0.435 e. The molecule has 1 aliphatic heterocycles. The van der Waals surface area contributed by atoms with Crippen LogP contribution >= 0.6 is 0 Å². The average molecular weight is 853 g/mol. The number of alkyl halides is 9. The summed E-state index contributed by atoms with van der Waals surface area (Å²) in [5.41, 5.74) is -0.847. The van der Waals surface area contributed by atoms with Gasteiger partial charge in [-0.1, -0.05) is 0 Å². The van der Waals surface area contributed by atoms with Crippen LogP contribution in [0.25, 0.3) is 0 Å². The van der Waals surface area contributed by atoms with Gasteiger partial charge in [0.15, 0.2) is 0 Å². The highest BCUT2D eigenvalue weighted by Crippen LogP contribution is 2.54. The van der Waals surface area contributed by atoms with E-state index in [2.05, 4.69) is 20.1 Å². The number of amides is 4. The minimum absolute atomic E-state index is 0.00291. The van der Waals surface area contributed by atoms with Crippen LogP contribution in [-0.4, -0.2) is 177 Å². The first-order valence-corrected chi connectivity index (χ1v) is 17.6. The first-order valence-electron chi connectivity index (χ1n) is 17.6. The molecule has 0 aromatic heterocycles. The molecule has 1 rings (SSSR count). The zero-order chi connectivity index (χ0) is 42.8. The molecular weight excluding hydrogens is 803 g/mol. The molecule has 1 heterocycles. The number of ether oxygens (including phenoxy) is 8. The minimum Gasteiger partial charge on any atom is -0.377 e. The Hall–Kier alpha value is -3.17. The molecule has 16 nitrogen and oxygen atoms in total. The second-order valence-electron chi connectivity index (χ2n) is 11.6. The Morgan fingerprint density at radius 3 is 1.49 bits per heavy atom. The number of hydrogen-bond donors (Lipinski definition) is 3. The van der Waals surface area contributed by atoms with Gasteiger partial charge in [0.25, 0.3) is 11.8 Å². The fourth-order valence-electron chi connectivity index (χ4n) is 4.52. The highest BCUT2D eigenvalue weighted by Gasteiger charge is 2.85. The van der Waals surface area contributed by atoms with E-state index in [9.17, 15) is 58.7 Å². The minimum atomic E-state index is -6.83. The molecule has 57 heavy (non-hydrogen) atoms. The van der Waals surface area contributed by atoms with E-state index in [-0.39, 0.29) is 104 Å². The lowest BCUT2D eigenvalue weighted by molar-refractivity contribution is -0.457. The Kier molecular flexibility index (Phi) is 25.0. The molecular formula is C32H49F9N4O12. The number of unbranched alkanes of at least 4 members (excludes halogenated alkanes) is 1. The number of nitrogens with one attached hydrogen (secondary N) is 2. The second-order valence-corrected chi connectivity index (χ2v) is 11.6. The highest BCUT2D eigenvalue weighted by molar-refractivity contribution is 6.12. The number of rotatable bonds is 33. The predicted octanol–water partition coefficient (Wildman–Crippen LogP) is 1.20. The van der Waals surface area contributed by atoms with Crippen molar-refractivity contribution in [1.29, 1.82) is 0 Å². The van der Waals surface area contributed by atoms with Gasteiger partial charge in [0.1, 0.15) is 12.6 Å². The van der Waals surface area contributed by atoms with Gasteiger partial charge in [-0.05, 0) is 25.8 Å². The van der Waals surface area contributed by atoms with Gasteiger partial charge < -0.3 is 54.3 Å². The predicted molar refractivity (Wildman–Crippen MR) is 176 cm³/mol. The molecule has 0 aromatic carbocycles. The maximum Gasteiger partial charge on any atom is 0.435 e. The first kappa shape index (κ1) is 51.8. The summed E-state index contributed by atoms with van der Waals surface area (Å²) in [7, 11) is 0. The van der Waals surface area contributed by atoms with Crippen LogP contribution in [-0.2, 0) is 57.1 Å². The summed E-state index contributed by atoms with van der Waals surface area (Å²) in [6, 6.07) is -0.882. The zero-order valence-electron chi connectivity index (χ0n) is 30.9. The Labute approximate surface area is 322 Å². The molecule has 0 aromatic rings. The summed E-state index contributed by atoms with van der Waals surface area (Å²) >= 11 is 0. The van der Waals surface area contributed by atoms with Crippen LogP contribution in [0.15, 0.2) is 12.2 Å². The number of carbonyl (C=O) groups excluding carboxylic acids is 4. The molecule has 1 aliphatic rings. The fourth-order valence-corrected chi connectivity index (χ4v) is 4.52. The molecule has 0 unspecified atom stereocenters. The quantitative estimate of drug-likeness (QED) is 0.0485. The highest BCUT2D eigenvalue weighted by atomic mass is 19.4. The molecule has 0 saturated heterocycles. The topological polar surface area (TPSA) is 195 Å². The van der Waals surface area contributed by atoms with Crippen molar-refractivity contribution < 1.29 is 96.6 Å². The molecule has 0 aliphatic carbocycles. The number of nitrogens with zero attached hydrogens (tertiary/aromatic N) is 1. The smallest absolute Gasteiger partial charge is 0.377 e. The van der Waals surface area contributed by atoms with Gasteiger partial charge in [-0.25, -0.2) is 0 Å². The molecule has 4 amide bonds. The molecule has 1 atom stereocenters. The third kappa shape index (κ3) is 19.9. The summed E-state index contributed by atoms with van der Waals surface area (Å²) in [5, 5.41) is 5.21. The summed E-state index contributed by atoms with van der Waals surface area (Å²) in [6.07, 6.45) is -16.6. The van der Waals surface area contributed by atoms with Crippen LogP contribution in [0.5, 0.6) is 0 Å². The van der Waals surface area contributed by atoms with E-state index in [1.54, 1.807) is 0 Å². The number of nitrogens with two attached hydrogens (primary N) is 1. The number of imide groups is 1. The van der Waals surface area contributed by atoms with Crippen molar-refractivity contribution in [3.05, 3.63) is 12.2 Å². The van der Waals surface area contributed by atoms with Crippen LogP contribution in [0, 0.1) is 0 Å². The van der Waals surface area contributed by atoms with Crippen LogP contribution < -0.4 is 16.4 Å². The average Bonchev–Trinajstić information content (AvgIpc) is 3.43. The lowest BCUT2D eigenvalue weighted by Crippen LogP contribution is -2.68. The van der Waals surface area contributed by atoms with Gasteiger partial charge in [-0.3, -0.25) is 24.1 Å². The van der Waals surface area contributed by atoms with Crippen molar-refractivity contribution in [1.82, 2.24) is 15.5 Å². The molecule has 0 saturated carbocycles. The van der Waals surface area contributed by atoms with Crippen molar-refractivity contribution >= 4 is 23.6 Å². The van der Waals surface area contributed by atoms with E-state index >= 15 is 0 Å². The van der Waals surface area contributed by atoms with Crippen molar-refractivity contribution in [3.63, 3.8) is 0 Å². The van der Waals surface area contributed by atoms with Gasteiger partial charge >= 0.3 is 24.1 Å². The van der Waals surface area contributed by atoms with E-state index in [0.29, 0.717) is 25.8 Å². The normalized spacial score (nSPS) is 14.5. The maximum absolute atomic E-state index is 12.8. The van der Waals surface area contributed by atoms with Crippen LogP contribution in [0.2, 0.25) is 0 Å². The van der Waals surface area contributed by atoms with Gasteiger partial charge in [-0.2, -0.15) is 39.5 Å². The second kappa shape index (κ2) is 27.5. The van der Waals surface area contributed by atoms with Gasteiger partial charge in [0, 0.05) is 18.7 Å². The molecule has 25 heteroatoms. The summed E-state index contributed by atoms with van der Waals surface area (Å²) < 4.78 is 155. The molecule has 0 fully saturated rings. The molecule has 4 N–H and O–H groups in total. The van der Waals surface area contributed by atoms with Crippen LogP contribution in [0.1, 0.15) is 19.3 Å². The molecule has 0 bridgehead atoms. The van der Waals surface area contributed by atoms with E-state index in [4.69, 9.17) is 34.2 Å². The van der Waals surface area contributed by atoms with Crippen molar-refractivity contribution in [2.24, 2.45) is 5.73 Å². The lowest BCUT2D eigenvalue weighted by atomic mass is 10.0. The molecule has 332 valence electrons. The third-order valence-corrected chi connectivity index (χ3v) is 7.34. The Morgan fingerprint density at radius 1 is 0.614 bits per heavy atom. The van der Waals surface area contributed by atoms with E-state index in [1.807, 2.05) is 0 Å².